The van der Waals surface area contributed by atoms with Gasteiger partial charge in [-0.05, 0) is 17.5 Å². The molecule has 0 amide bonds. The van der Waals surface area contributed by atoms with Crippen LogP contribution in [0.5, 0.6) is 0 Å². The predicted molar refractivity (Wildman–Crippen MR) is 77.4 cm³/mol. The lowest BCUT2D eigenvalue weighted by atomic mass is 9.96. The molecule has 3 nitrogen and oxygen atoms in total. The van der Waals surface area contributed by atoms with Gasteiger partial charge in [0.15, 0.2) is 0 Å². The van der Waals surface area contributed by atoms with Gasteiger partial charge in [-0.15, -0.1) is 0 Å². The highest BCUT2D eigenvalue weighted by atomic mass is 16.5. The first-order valence-electron chi connectivity index (χ1n) is 6.43. The molecule has 0 saturated heterocycles. The maximum Gasteiger partial charge on any atom is 0.0990 e. The van der Waals surface area contributed by atoms with Crippen LogP contribution in [0.15, 0.2) is 60.7 Å². The van der Waals surface area contributed by atoms with Crippen LogP contribution < -0.4 is 11.3 Å². The summed E-state index contributed by atoms with van der Waals surface area (Å²) in [6.45, 7) is 0. The second kappa shape index (κ2) is 7.04. The fraction of sp³-hybridized carbons (Fsp3) is 0.250. The molecule has 0 fully saturated rings. The van der Waals surface area contributed by atoms with Crippen LogP contribution in [0.25, 0.3) is 0 Å². The Labute approximate surface area is 114 Å². The number of benzene rings is 2. The number of nitrogens with one attached hydrogen (secondary N) is 1. The van der Waals surface area contributed by atoms with Crippen LogP contribution >= 0.6 is 0 Å². The van der Waals surface area contributed by atoms with Crippen LogP contribution in [0, 0.1) is 0 Å². The molecular formula is C16H20N2O. The van der Waals surface area contributed by atoms with Crippen molar-refractivity contribution in [2.24, 2.45) is 5.84 Å². The number of ether oxygens (including phenoxy) is 1. The standard InChI is InChI=1S/C16H20N2O/c1-19-16(14-10-6-3-7-11-14)15(18-17)12-13-8-4-2-5-9-13/h2-11,15-16,18H,12,17H2,1H3. The lowest BCUT2D eigenvalue weighted by Crippen LogP contribution is -2.42. The molecule has 3 heteroatoms. The Kier molecular flexibility index (Phi) is 5.10. The van der Waals surface area contributed by atoms with Crippen molar-refractivity contribution in [1.29, 1.82) is 0 Å². The van der Waals surface area contributed by atoms with Crippen LogP contribution in [0.1, 0.15) is 17.2 Å². The highest BCUT2D eigenvalue weighted by Gasteiger charge is 2.22. The van der Waals surface area contributed by atoms with Gasteiger partial charge in [-0.3, -0.25) is 11.3 Å². The monoisotopic (exact) mass is 256 g/mol. The Bertz CT molecular complexity index is 473. The Morgan fingerprint density at radius 2 is 1.58 bits per heavy atom. The SMILES string of the molecule is COC(c1ccccc1)C(Cc1ccccc1)NN. The first kappa shape index (κ1) is 13.7. The van der Waals surface area contributed by atoms with E-state index < -0.39 is 0 Å². The van der Waals surface area contributed by atoms with Gasteiger partial charge in [0.1, 0.15) is 0 Å². The highest BCUT2D eigenvalue weighted by Crippen LogP contribution is 2.22. The summed E-state index contributed by atoms with van der Waals surface area (Å²) in [5.41, 5.74) is 5.24. The van der Waals surface area contributed by atoms with Crippen molar-refractivity contribution in [2.75, 3.05) is 7.11 Å². The molecule has 19 heavy (non-hydrogen) atoms. The third-order valence-electron chi connectivity index (χ3n) is 3.26. The molecule has 3 N–H and O–H groups in total. The summed E-state index contributed by atoms with van der Waals surface area (Å²) in [5.74, 6) is 5.70. The topological polar surface area (TPSA) is 47.3 Å². The van der Waals surface area contributed by atoms with E-state index >= 15 is 0 Å². The Balaban J connectivity index is 2.15. The minimum Gasteiger partial charge on any atom is -0.375 e. The Morgan fingerprint density at radius 1 is 1.00 bits per heavy atom. The lowest BCUT2D eigenvalue weighted by Gasteiger charge is -2.26. The molecule has 2 atom stereocenters. The van der Waals surface area contributed by atoms with Gasteiger partial charge < -0.3 is 4.74 Å². The molecule has 0 radical (unpaired) electrons. The molecule has 2 unspecified atom stereocenters. The molecule has 2 aromatic rings. The normalized spacial score (nSPS) is 14.0. The van der Waals surface area contributed by atoms with Crippen molar-refractivity contribution >= 4 is 0 Å². The van der Waals surface area contributed by atoms with E-state index in [0.717, 1.165) is 12.0 Å². The fourth-order valence-electron chi connectivity index (χ4n) is 2.30. The summed E-state index contributed by atoms with van der Waals surface area (Å²) in [4.78, 5) is 0. The van der Waals surface area contributed by atoms with E-state index in [-0.39, 0.29) is 12.1 Å². The Hall–Kier alpha value is -1.68. The van der Waals surface area contributed by atoms with E-state index in [1.165, 1.54) is 5.56 Å². The number of hydrogen-bond acceptors (Lipinski definition) is 3. The molecule has 0 saturated carbocycles. The molecule has 0 aliphatic rings. The van der Waals surface area contributed by atoms with Gasteiger partial charge in [0.25, 0.3) is 0 Å². The molecule has 0 aliphatic carbocycles. The molecule has 0 aliphatic heterocycles. The van der Waals surface area contributed by atoms with Gasteiger partial charge in [-0.1, -0.05) is 60.7 Å². The van der Waals surface area contributed by atoms with E-state index in [1.807, 2.05) is 36.4 Å². The van der Waals surface area contributed by atoms with Crippen LogP contribution in [0.3, 0.4) is 0 Å². The van der Waals surface area contributed by atoms with Crippen LogP contribution in [0.2, 0.25) is 0 Å². The van der Waals surface area contributed by atoms with Crippen molar-refractivity contribution in [2.45, 2.75) is 18.6 Å². The summed E-state index contributed by atoms with van der Waals surface area (Å²) in [7, 11) is 1.72. The van der Waals surface area contributed by atoms with Crippen LogP contribution in [-0.4, -0.2) is 13.2 Å². The second-order valence-electron chi connectivity index (χ2n) is 4.53. The van der Waals surface area contributed by atoms with E-state index in [1.54, 1.807) is 7.11 Å². The maximum absolute atomic E-state index is 5.70. The number of rotatable bonds is 6. The van der Waals surface area contributed by atoms with E-state index in [4.69, 9.17) is 10.6 Å². The minimum atomic E-state index is -0.0635. The zero-order chi connectivity index (χ0) is 13.5. The first-order valence-corrected chi connectivity index (χ1v) is 6.43. The van der Waals surface area contributed by atoms with E-state index in [2.05, 4.69) is 29.7 Å². The summed E-state index contributed by atoms with van der Waals surface area (Å²) in [6, 6.07) is 20.5. The predicted octanol–water partition coefficient (Wildman–Crippen LogP) is 2.45. The third kappa shape index (κ3) is 3.64. The van der Waals surface area contributed by atoms with Crippen molar-refractivity contribution in [1.82, 2.24) is 5.43 Å². The number of methoxy groups -OCH3 is 1. The second-order valence-corrected chi connectivity index (χ2v) is 4.53. The largest absolute Gasteiger partial charge is 0.375 e. The molecule has 0 heterocycles. The van der Waals surface area contributed by atoms with Crippen molar-refractivity contribution in [3.8, 4) is 0 Å². The average molecular weight is 256 g/mol. The van der Waals surface area contributed by atoms with Gasteiger partial charge in [0.05, 0.1) is 12.1 Å². The lowest BCUT2D eigenvalue weighted by molar-refractivity contribution is 0.0679. The number of nitrogens with two attached hydrogens (primary N) is 1. The molecule has 0 spiro atoms. The van der Waals surface area contributed by atoms with Gasteiger partial charge in [-0.2, -0.15) is 0 Å². The van der Waals surface area contributed by atoms with Gasteiger partial charge >= 0.3 is 0 Å². The highest BCUT2D eigenvalue weighted by molar-refractivity contribution is 5.22. The number of hydrazine groups is 1. The molecule has 2 rings (SSSR count). The van der Waals surface area contributed by atoms with Gasteiger partial charge in [0, 0.05) is 7.11 Å². The average Bonchev–Trinajstić information content (AvgIpc) is 2.49. The summed E-state index contributed by atoms with van der Waals surface area (Å²) >= 11 is 0. The molecule has 0 aromatic heterocycles. The molecular weight excluding hydrogens is 236 g/mol. The zero-order valence-electron chi connectivity index (χ0n) is 11.1. The minimum absolute atomic E-state index is 0.0369. The fourth-order valence-corrected chi connectivity index (χ4v) is 2.30. The van der Waals surface area contributed by atoms with E-state index in [0.29, 0.717) is 0 Å². The molecule has 2 aromatic carbocycles. The summed E-state index contributed by atoms with van der Waals surface area (Å²) in [5, 5.41) is 0. The summed E-state index contributed by atoms with van der Waals surface area (Å²) < 4.78 is 5.62. The van der Waals surface area contributed by atoms with Crippen molar-refractivity contribution < 1.29 is 4.74 Å². The quantitative estimate of drug-likeness (QED) is 0.616. The van der Waals surface area contributed by atoms with E-state index in [9.17, 15) is 0 Å². The zero-order valence-corrected chi connectivity index (χ0v) is 11.1. The van der Waals surface area contributed by atoms with Crippen LogP contribution in [0.4, 0.5) is 0 Å². The van der Waals surface area contributed by atoms with Crippen LogP contribution in [-0.2, 0) is 11.2 Å². The molecule has 100 valence electrons. The van der Waals surface area contributed by atoms with Gasteiger partial charge in [0.2, 0.25) is 0 Å². The molecule has 0 bridgehead atoms. The number of hydrogen-bond donors (Lipinski definition) is 2. The van der Waals surface area contributed by atoms with Gasteiger partial charge in [-0.25, -0.2) is 0 Å². The Morgan fingerprint density at radius 3 is 2.11 bits per heavy atom. The maximum atomic E-state index is 5.70. The summed E-state index contributed by atoms with van der Waals surface area (Å²) in [6.07, 6.45) is 0.761. The van der Waals surface area contributed by atoms with Crippen molar-refractivity contribution in [3.05, 3.63) is 71.8 Å². The first-order chi connectivity index (χ1) is 9.35. The van der Waals surface area contributed by atoms with Crippen molar-refractivity contribution in [3.63, 3.8) is 0 Å². The third-order valence-corrected chi connectivity index (χ3v) is 3.26. The smallest absolute Gasteiger partial charge is 0.0990 e.